The molecular weight excluding hydrogens is 301 g/mol. The highest BCUT2D eigenvalue weighted by atomic mass is 35.7. The van der Waals surface area contributed by atoms with Crippen molar-refractivity contribution in [3.05, 3.63) is 29.8 Å². The Bertz CT molecular complexity index is 504. The van der Waals surface area contributed by atoms with Gasteiger partial charge < -0.3 is 9.26 Å². The van der Waals surface area contributed by atoms with Crippen LogP contribution in [-0.4, -0.2) is 18.1 Å². The van der Waals surface area contributed by atoms with Gasteiger partial charge in [0.15, 0.2) is 0 Å². The van der Waals surface area contributed by atoms with Crippen molar-refractivity contribution in [3.8, 4) is 5.75 Å². The van der Waals surface area contributed by atoms with Crippen molar-refractivity contribution < 1.29 is 18.6 Å². The number of carbonyl (C=O) groups excluding carboxylic acids is 1. The van der Waals surface area contributed by atoms with Crippen LogP contribution >= 0.6 is 18.1 Å². The van der Waals surface area contributed by atoms with Gasteiger partial charge >= 0.3 is 12.8 Å². The molecule has 0 bridgehead atoms. The molecule has 0 fully saturated rings. The standard InChI is InChI=1S/C13H19ClNO4P/c1-9(2)18-13(16)11(4)15-20(14,17)19-12-7-5-10(3)6-8-12/h5-9,11H,1-4H3,(H,15,17)/t11-,20?/m0/s1. The van der Waals surface area contributed by atoms with Crippen molar-refractivity contribution in [1.29, 1.82) is 0 Å². The van der Waals surface area contributed by atoms with E-state index in [2.05, 4.69) is 5.09 Å². The van der Waals surface area contributed by atoms with E-state index in [0.29, 0.717) is 5.75 Å². The summed E-state index contributed by atoms with van der Waals surface area (Å²) in [5, 5.41) is 2.45. The zero-order chi connectivity index (χ0) is 15.3. The van der Waals surface area contributed by atoms with E-state index in [9.17, 15) is 9.36 Å². The molecule has 7 heteroatoms. The summed E-state index contributed by atoms with van der Waals surface area (Å²) in [7, 11) is 0. The van der Waals surface area contributed by atoms with Gasteiger partial charge in [0.05, 0.1) is 6.10 Å². The topological polar surface area (TPSA) is 64.6 Å². The molecule has 0 aliphatic heterocycles. The fourth-order valence-electron chi connectivity index (χ4n) is 1.38. The first kappa shape index (κ1) is 17.0. The van der Waals surface area contributed by atoms with Gasteiger partial charge in [0, 0.05) is 11.2 Å². The molecule has 1 aromatic carbocycles. The molecular formula is C13H19ClNO4P. The van der Waals surface area contributed by atoms with E-state index in [1.807, 2.05) is 19.1 Å². The number of halogens is 1. The lowest BCUT2D eigenvalue weighted by atomic mass is 10.2. The maximum absolute atomic E-state index is 12.1. The Hall–Kier alpha value is -1.03. The Morgan fingerprint density at radius 2 is 1.80 bits per heavy atom. The van der Waals surface area contributed by atoms with Gasteiger partial charge in [-0.2, -0.15) is 0 Å². The minimum absolute atomic E-state index is 0.250. The highest BCUT2D eigenvalue weighted by molar-refractivity contribution is 7.84. The minimum atomic E-state index is -3.66. The number of rotatable bonds is 6. The van der Waals surface area contributed by atoms with Crippen LogP contribution in [0.3, 0.4) is 0 Å². The Morgan fingerprint density at radius 1 is 1.25 bits per heavy atom. The molecule has 1 N–H and O–H groups in total. The van der Waals surface area contributed by atoms with Crippen molar-refractivity contribution >= 4 is 24.1 Å². The second-order valence-corrected chi connectivity index (χ2v) is 7.46. The molecule has 0 spiro atoms. The minimum Gasteiger partial charge on any atom is -0.462 e. The molecule has 0 heterocycles. The second-order valence-electron chi connectivity index (χ2n) is 4.72. The number of esters is 1. The average Bonchev–Trinajstić information content (AvgIpc) is 2.30. The van der Waals surface area contributed by atoms with E-state index >= 15 is 0 Å². The molecule has 112 valence electrons. The lowest BCUT2D eigenvalue weighted by Crippen LogP contribution is -2.34. The summed E-state index contributed by atoms with van der Waals surface area (Å²) in [6.07, 6.45) is -0.250. The monoisotopic (exact) mass is 319 g/mol. The number of hydrogen-bond donors (Lipinski definition) is 1. The predicted octanol–water partition coefficient (Wildman–Crippen LogP) is 3.65. The molecule has 0 aromatic heterocycles. The van der Waals surface area contributed by atoms with Crippen molar-refractivity contribution in [1.82, 2.24) is 5.09 Å². The highest BCUT2D eigenvalue weighted by Gasteiger charge is 2.28. The maximum atomic E-state index is 12.1. The smallest absolute Gasteiger partial charge is 0.409 e. The molecule has 2 atom stereocenters. The molecule has 1 unspecified atom stereocenters. The van der Waals surface area contributed by atoms with Crippen LogP contribution in [0.5, 0.6) is 5.75 Å². The third-order valence-electron chi connectivity index (χ3n) is 2.30. The Labute approximate surface area is 123 Å². The summed E-state index contributed by atoms with van der Waals surface area (Å²) < 4.78 is 22.3. The van der Waals surface area contributed by atoms with Gasteiger partial charge in [-0.15, -0.1) is 0 Å². The molecule has 1 rings (SSSR count). The third-order valence-corrected chi connectivity index (χ3v) is 3.94. The van der Waals surface area contributed by atoms with Crippen molar-refractivity contribution in [2.24, 2.45) is 0 Å². The normalized spacial score (nSPS) is 15.5. The molecule has 0 radical (unpaired) electrons. The van der Waals surface area contributed by atoms with E-state index < -0.39 is 18.9 Å². The summed E-state index contributed by atoms with van der Waals surface area (Å²) >= 11 is 5.80. The van der Waals surface area contributed by atoms with Crippen LogP contribution in [-0.2, 0) is 14.1 Å². The second kappa shape index (κ2) is 7.11. The number of benzene rings is 1. The number of hydrogen-bond acceptors (Lipinski definition) is 4. The first-order valence-corrected chi connectivity index (χ1v) is 8.77. The maximum Gasteiger partial charge on any atom is 0.409 e. The van der Waals surface area contributed by atoms with Crippen LogP contribution in [0.15, 0.2) is 24.3 Å². The van der Waals surface area contributed by atoms with Crippen LogP contribution in [0.2, 0.25) is 0 Å². The van der Waals surface area contributed by atoms with Crippen molar-refractivity contribution in [3.63, 3.8) is 0 Å². The number of ether oxygens (including phenoxy) is 1. The van der Waals surface area contributed by atoms with Gasteiger partial charge in [-0.05, 0) is 39.8 Å². The Morgan fingerprint density at radius 3 is 2.30 bits per heavy atom. The van der Waals surface area contributed by atoms with Crippen LogP contribution in [0.1, 0.15) is 26.3 Å². The van der Waals surface area contributed by atoms with Crippen LogP contribution in [0.25, 0.3) is 0 Å². The zero-order valence-corrected chi connectivity index (χ0v) is 13.6. The van der Waals surface area contributed by atoms with Crippen LogP contribution in [0.4, 0.5) is 0 Å². The summed E-state index contributed by atoms with van der Waals surface area (Å²) in [5.74, 6) is -0.167. The lowest BCUT2D eigenvalue weighted by Gasteiger charge is -2.19. The van der Waals surface area contributed by atoms with Gasteiger partial charge in [0.25, 0.3) is 0 Å². The van der Waals surface area contributed by atoms with E-state index in [0.717, 1.165) is 5.56 Å². The fraction of sp³-hybridized carbons (Fsp3) is 0.462. The molecule has 0 aliphatic rings. The van der Waals surface area contributed by atoms with E-state index in [4.69, 9.17) is 20.5 Å². The number of aryl methyl sites for hydroxylation is 1. The summed E-state index contributed by atoms with van der Waals surface area (Å²) in [6, 6.07) is 6.10. The van der Waals surface area contributed by atoms with E-state index in [1.54, 1.807) is 26.0 Å². The summed E-state index contributed by atoms with van der Waals surface area (Å²) in [5.41, 5.74) is 1.04. The first-order valence-electron chi connectivity index (χ1n) is 6.24. The third kappa shape index (κ3) is 5.95. The first-order chi connectivity index (χ1) is 9.19. The van der Waals surface area contributed by atoms with E-state index in [1.165, 1.54) is 6.92 Å². The number of carbonyl (C=O) groups is 1. The lowest BCUT2D eigenvalue weighted by molar-refractivity contribution is -0.148. The summed E-state index contributed by atoms with van der Waals surface area (Å²) in [4.78, 5) is 11.6. The molecule has 0 aliphatic carbocycles. The summed E-state index contributed by atoms with van der Waals surface area (Å²) in [6.45, 7) is 3.23. The van der Waals surface area contributed by atoms with Gasteiger partial charge in [-0.25, -0.2) is 9.65 Å². The van der Waals surface area contributed by atoms with Crippen molar-refractivity contribution in [2.75, 3.05) is 0 Å². The SMILES string of the molecule is Cc1ccc(OP(=O)(Cl)N[C@@H](C)C(=O)OC(C)C)cc1. The van der Waals surface area contributed by atoms with Gasteiger partial charge in [-0.1, -0.05) is 17.7 Å². The molecule has 0 amide bonds. The Balaban J connectivity index is 2.62. The molecule has 0 saturated carbocycles. The molecule has 0 saturated heterocycles. The largest absolute Gasteiger partial charge is 0.462 e. The quantitative estimate of drug-likeness (QED) is 0.640. The Kier molecular flexibility index (Phi) is 6.06. The molecule has 1 aromatic rings. The van der Waals surface area contributed by atoms with Gasteiger partial charge in [0.1, 0.15) is 11.8 Å². The van der Waals surface area contributed by atoms with Gasteiger partial charge in [0.2, 0.25) is 0 Å². The van der Waals surface area contributed by atoms with E-state index in [-0.39, 0.29) is 6.10 Å². The molecule has 5 nitrogen and oxygen atoms in total. The average molecular weight is 320 g/mol. The highest BCUT2D eigenvalue weighted by Crippen LogP contribution is 2.48. The van der Waals surface area contributed by atoms with Crippen LogP contribution < -0.4 is 9.61 Å². The van der Waals surface area contributed by atoms with Crippen LogP contribution in [0, 0.1) is 6.92 Å². The predicted molar refractivity (Wildman–Crippen MR) is 79.1 cm³/mol. The van der Waals surface area contributed by atoms with Crippen molar-refractivity contribution in [2.45, 2.75) is 39.8 Å². The van der Waals surface area contributed by atoms with Gasteiger partial charge in [-0.3, -0.25) is 4.79 Å². The zero-order valence-electron chi connectivity index (χ0n) is 11.9. The fourth-order valence-corrected chi connectivity index (χ4v) is 3.07. The molecule has 20 heavy (non-hydrogen) atoms. The number of nitrogens with one attached hydrogen (secondary N) is 1.